The minimum absolute atomic E-state index is 0.0513. The largest absolute Gasteiger partial charge is 0.377 e. The molecule has 1 aliphatic heterocycles. The van der Waals surface area contributed by atoms with E-state index >= 15 is 0 Å². The van der Waals surface area contributed by atoms with E-state index < -0.39 is 10.0 Å². The molecule has 3 rings (SSSR count). The van der Waals surface area contributed by atoms with Gasteiger partial charge in [-0.15, -0.1) is 0 Å². The minimum atomic E-state index is -3.61. The molecule has 0 aliphatic carbocycles. The van der Waals surface area contributed by atoms with Crippen molar-refractivity contribution in [1.29, 1.82) is 0 Å². The summed E-state index contributed by atoms with van der Waals surface area (Å²) in [6.07, 6.45) is 3.49. The maximum Gasteiger partial charge on any atom is 0.241 e. The first-order valence-electron chi connectivity index (χ1n) is 7.47. The molecule has 1 fully saturated rings. The predicted molar refractivity (Wildman–Crippen MR) is 85.2 cm³/mol. The molecule has 1 N–H and O–H groups in total. The molecule has 1 saturated heterocycles. The van der Waals surface area contributed by atoms with Crippen molar-refractivity contribution in [3.05, 3.63) is 36.0 Å². The van der Waals surface area contributed by atoms with E-state index in [0.717, 1.165) is 23.9 Å². The van der Waals surface area contributed by atoms with Gasteiger partial charge in [0.15, 0.2) is 0 Å². The maximum atomic E-state index is 12.7. The van der Waals surface area contributed by atoms with Crippen molar-refractivity contribution in [3.63, 3.8) is 0 Å². The monoisotopic (exact) mass is 320 g/mol. The average molecular weight is 320 g/mol. The van der Waals surface area contributed by atoms with Gasteiger partial charge in [-0.25, -0.2) is 13.1 Å². The van der Waals surface area contributed by atoms with E-state index in [0.29, 0.717) is 12.0 Å². The van der Waals surface area contributed by atoms with Gasteiger partial charge in [0.2, 0.25) is 10.0 Å². The van der Waals surface area contributed by atoms with Gasteiger partial charge in [0.25, 0.3) is 0 Å². The molecule has 1 aromatic heterocycles. The van der Waals surface area contributed by atoms with E-state index in [4.69, 9.17) is 4.74 Å². The lowest BCUT2D eigenvalue weighted by Gasteiger charge is -2.20. The van der Waals surface area contributed by atoms with Gasteiger partial charge in [-0.3, -0.25) is 4.98 Å². The number of rotatable bonds is 4. The third kappa shape index (κ3) is 2.86. The van der Waals surface area contributed by atoms with Crippen LogP contribution in [0.4, 0.5) is 0 Å². The van der Waals surface area contributed by atoms with Gasteiger partial charge in [0, 0.05) is 24.2 Å². The maximum absolute atomic E-state index is 12.7. The number of hydrogen-bond donors (Lipinski definition) is 1. The van der Waals surface area contributed by atoms with Crippen LogP contribution in [0.5, 0.6) is 0 Å². The van der Waals surface area contributed by atoms with Crippen LogP contribution in [0.3, 0.4) is 0 Å². The van der Waals surface area contributed by atoms with Crippen molar-refractivity contribution in [2.75, 3.05) is 6.61 Å². The lowest BCUT2D eigenvalue weighted by Crippen LogP contribution is -2.40. The molecule has 6 heteroatoms. The number of fused-ring (bicyclic) bond motifs is 1. The summed E-state index contributed by atoms with van der Waals surface area (Å²) >= 11 is 0. The van der Waals surface area contributed by atoms with Crippen LogP contribution in [0.15, 0.2) is 35.4 Å². The first kappa shape index (κ1) is 15.4. The van der Waals surface area contributed by atoms with Crippen LogP contribution in [0, 0.1) is 6.92 Å². The van der Waals surface area contributed by atoms with E-state index in [9.17, 15) is 8.42 Å². The molecule has 1 aromatic carbocycles. The zero-order valence-electron chi connectivity index (χ0n) is 12.7. The summed E-state index contributed by atoms with van der Waals surface area (Å²) in [5.74, 6) is 0. The summed E-state index contributed by atoms with van der Waals surface area (Å²) in [6.45, 7) is 4.48. The molecule has 0 amide bonds. The molecule has 0 radical (unpaired) electrons. The van der Waals surface area contributed by atoms with Crippen molar-refractivity contribution in [2.24, 2.45) is 0 Å². The third-order valence-corrected chi connectivity index (χ3v) is 5.70. The van der Waals surface area contributed by atoms with Crippen molar-refractivity contribution >= 4 is 20.9 Å². The highest BCUT2D eigenvalue weighted by Crippen LogP contribution is 2.25. The summed E-state index contributed by atoms with van der Waals surface area (Å²) < 4.78 is 33.8. The van der Waals surface area contributed by atoms with Crippen LogP contribution in [0.1, 0.15) is 25.3 Å². The average Bonchev–Trinajstić information content (AvgIpc) is 3.01. The quantitative estimate of drug-likeness (QED) is 0.939. The standard InChI is InChI=1S/C16H20N2O3S/c1-11-7-8-15(13-5-3-9-17-16(11)13)22(19,20)18-12(2)14-6-4-10-21-14/h3,5,7-9,12,14,18H,4,6,10H2,1-2H3/t12-,14+/m1/s1. The second-order valence-electron chi connectivity index (χ2n) is 5.74. The molecule has 0 spiro atoms. The number of sulfonamides is 1. The van der Waals surface area contributed by atoms with Crippen LogP contribution in [0.2, 0.25) is 0 Å². The first-order chi connectivity index (χ1) is 10.5. The zero-order chi connectivity index (χ0) is 15.7. The van der Waals surface area contributed by atoms with Crippen molar-refractivity contribution in [3.8, 4) is 0 Å². The second-order valence-corrected chi connectivity index (χ2v) is 7.42. The predicted octanol–water partition coefficient (Wildman–Crippen LogP) is 2.39. The fourth-order valence-corrected chi connectivity index (χ4v) is 4.37. The third-order valence-electron chi connectivity index (χ3n) is 4.08. The van der Waals surface area contributed by atoms with Crippen LogP contribution in [0.25, 0.3) is 10.9 Å². The zero-order valence-corrected chi connectivity index (χ0v) is 13.6. The Balaban J connectivity index is 1.97. The van der Waals surface area contributed by atoms with E-state index in [2.05, 4.69) is 9.71 Å². The molecular formula is C16H20N2O3S. The van der Waals surface area contributed by atoms with Crippen molar-refractivity contribution in [1.82, 2.24) is 9.71 Å². The molecule has 2 atom stereocenters. The number of ether oxygens (including phenoxy) is 1. The Morgan fingerprint density at radius 2 is 2.18 bits per heavy atom. The number of aryl methyl sites for hydroxylation is 1. The summed E-state index contributed by atoms with van der Waals surface area (Å²) in [5.41, 5.74) is 1.68. The Bertz CT molecular complexity index is 783. The Morgan fingerprint density at radius 1 is 1.36 bits per heavy atom. The van der Waals surface area contributed by atoms with Crippen molar-refractivity contribution in [2.45, 2.75) is 43.7 Å². The molecule has 5 nitrogen and oxygen atoms in total. The van der Waals surface area contributed by atoms with Crippen molar-refractivity contribution < 1.29 is 13.2 Å². The first-order valence-corrected chi connectivity index (χ1v) is 8.95. The number of benzene rings is 1. The molecule has 22 heavy (non-hydrogen) atoms. The summed E-state index contributed by atoms with van der Waals surface area (Å²) in [7, 11) is -3.61. The molecule has 0 bridgehead atoms. The minimum Gasteiger partial charge on any atom is -0.377 e. The smallest absolute Gasteiger partial charge is 0.241 e. The highest BCUT2D eigenvalue weighted by Gasteiger charge is 2.28. The number of hydrogen-bond acceptors (Lipinski definition) is 4. The second kappa shape index (κ2) is 5.95. The van der Waals surface area contributed by atoms with Gasteiger partial charge in [-0.2, -0.15) is 0 Å². The van der Waals surface area contributed by atoms with Crippen LogP contribution >= 0.6 is 0 Å². The van der Waals surface area contributed by atoms with Crippen LogP contribution in [-0.4, -0.2) is 32.2 Å². The summed E-state index contributed by atoms with van der Waals surface area (Å²) in [6, 6.07) is 6.73. The van der Waals surface area contributed by atoms with Gasteiger partial charge in [0.1, 0.15) is 0 Å². The molecule has 1 aliphatic rings. The van der Waals surface area contributed by atoms with E-state index in [1.54, 1.807) is 30.5 Å². The van der Waals surface area contributed by atoms with Gasteiger partial charge >= 0.3 is 0 Å². The summed E-state index contributed by atoms with van der Waals surface area (Å²) in [5, 5.41) is 0.648. The Kier molecular flexibility index (Phi) is 4.16. The molecule has 2 heterocycles. The van der Waals surface area contributed by atoms with E-state index in [1.807, 2.05) is 13.8 Å². The highest BCUT2D eigenvalue weighted by molar-refractivity contribution is 7.89. The summed E-state index contributed by atoms with van der Waals surface area (Å²) in [4.78, 5) is 4.56. The Hall–Kier alpha value is -1.50. The highest BCUT2D eigenvalue weighted by atomic mass is 32.2. The number of pyridine rings is 1. The lowest BCUT2D eigenvalue weighted by atomic mass is 10.1. The Morgan fingerprint density at radius 3 is 2.91 bits per heavy atom. The molecule has 118 valence electrons. The SMILES string of the molecule is Cc1ccc(S(=O)(=O)N[C@H](C)[C@@H]2CCCO2)c2cccnc12. The number of aromatic nitrogens is 1. The topological polar surface area (TPSA) is 68.3 Å². The number of nitrogens with zero attached hydrogens (tertiary/aromatic N) is 1. The van der Waals surface area contributed by atoms with Crippen LogP contribution < -0.4 is 4.72 Å². The van der Waals surface area contributed by atoms with Crippen LogP contribution in [-0.2, 0) is 14.8 Å². The normalized spacial score (nSPS) is 20.4. The lowest BCUT2D eigenvalue weighted by molar-refractivity contribution is 0.0902. The van der Waals surface area contributed by atoms with Gasteiger partial charge in [-0.1, -0.05) is 6.07 Å². The molecule has 0 unspecified atom stereocenters. The molecular weight excluding hydrogens is 300 g/mol. The number of nitrogens with one attached hydrogen (secondary N) is 1. The Labute approximate surface area is 130 Å². The van der Waals surface area contributed by atoms with Gasteiger partial charge in [0.05, 0.1) is 16.5 Å². The van der Waals surface area contributed by atoms with Gasteiger partial charge in [-0.05, 0) is 50.5 Å². The fourth-order valence-electron chi connectivity index (χ4n) is 2.90. The van der Waals surface area contributed by atoms with E-state index in [1.165, 1.54) is 0 Å². The fraction of sp³-hybridized carbons (Fsp3) is 0.438. The van der Waals surface area contributed by atoms with Gasteiger partial charge < -0.3 is 4.74 Å². The molecule has 0 saturated carbocycles. The van der Waals surface area contributed by atoms with E-state index in [-0.39, 0.29) is 17.0 Å². The molecule has 2 aromatic rings.